The van der Waals surface area contributed by atoms with E-state index in [0.29, 0.717) is 0 Å². The van der Waals surface area contributed by atoms with Gasteiger partial charge in [-0.05, 0) is 37.6 Å². The lowest BCUT2D eigenvalue weighted by molar-refractivity contribution is 0.132. The van der Waals surface area contributed by atoms with E-state index in [0.717, 1.165) is 30.9 Å². The van der Waals surface area contributed by atoms with Crippen molar-refractivity contribution in [1.82, 2.24) is 5.32 Å². The van der Waals surface area contributed by atoms with Crippen LogP contribution in [0.15, 0.2) is 24.3 Å². The average molecular weight is 253 g/mol. The number of hydrogen-bond acceptors (Lipinski definition) is 4. The first kappa shape index (κ1) is 15.0. The Kier molecular flexibility index (Phi) is 6.72. The van der Waals surface area contributed by atoms with Crippen LogP contribution in [0.3, 0.4) is 0 Å². The van der Waals surface area contributed by atoms with Crippen LogP contribution in [0.1, 0.15) is 25.0 Å². The zero-order valence-corrected chi connectivity index (χ0v) is 11.3. The van der Waals surface area contributed by atoms with Gasteiger partial charge in [-0.3, -0.25) is 0 Å². The molecule has 0 aliphatic rings. The Labute approximate surface area is 109 Å². The van der Waals surface area contributed by atoms with Crippen LogP contribution in [0.25, 0.3) is 0 Å². The van der Waals surface area contributed by atoms with E-state index in [2.05, 4.69) is 5.32 Å². The number of hydrogen-bond donors (Lipinski definition) is 2. The molecule has 0 saturated heterocycles. The van der Waals surface area contributed by atoms with Gasteiger partial charge in [-0.2, -0.15) is 0 Å². The molecular formula is C14H23NO3. The zero-order valence-electron chi connectivity index (χ0n) is 11.3. The highest BCUT2D eigenvalue weighted by atomic mass is 16.5. The fraction of sp³-hybridized carbons (Fsp3) is 0.571. The molecule has 1 aromatic carbocycles. The second kappa shape index (κ2) is 8.08. The van der Waals surface area contributed by atoms with Crippen LogP contribution in [0.5, 0.6) is 5.75 Å². The summed E-state index contributed by atoms with van der Waals surface area (Å²) < 4.78 is 10.1. The van der Waals surface area contributed by atoms with E-state index in [1.807, 2.05) is 31.2 Å². The third-order valence-corrected chi connectivity index (χ3v) is 2.92. The third-order valence-electron chi connectivity index (χ3n) is 2.92. The first-order valence-corrected chi connectivity index (χ1v) is 6.23. The van der Waals surface area contributed by atoms with Crippen LogP contribution in [0.2, 0.25) is 0 Å². The van der Waals surface area contributed by atoms with Crippen LogP contribution < -0.4 is 10.1 Å². The predicted molar refractivity (Wildman–Crippen MR) is 71.9 cm³/mol. The molecule has 1 aromatic rings. The summed E-state index contributed by atoms with van der Waals surface area (Å²) in [7, 11) is 3.32. The van der Waals surface area contributed by atoms with Gasteiger partial charge in [0.25, 0.3) is 0 Å². The maximum Gasteiger partial charge on any atom is 0.118 e. The van der Waals surface area contributed by atoms with Crippen molar-refractivity contribution in [3.05, 3.63) is 29.8 Å². The molecule has 2 N–H and O–H groups in total. The Morgan fingerprint density at radius 2 is 1.89 bits per heavy atom. The first-order valence-electron chi connectivity index (χ1n) is 6.23. The van der Waals surface area contributed by atoms with Crippen molar-refractivity contribution in [1.29, 1.82) is 0 Å². The molecule has 4 nitrogen and oxygen atoms in total. The highest BCUT2D eigenvalue weighted by Gasteiger charge is 2.15. The summed E-state index contributed by atoms with van der Waals surface area (Å²) in [5.41, 5.74) is 0.891. The smallest absolute Gasteiger partial charge is 0.118 e. The molecule has 2 atom stereocenters. The molecule has 0 aromatic heterocycles. The predicted octanol–water partition coefficient (Wildman–Crippen LogP) is 1.74. The largest absolute Gasteiger partial charge is 0.497 e. The van der Waals surface area contributed by atoms with Crippen molar-refractivity contribution in [2.75, 3.05) is 27.4 Å². The lowest BCUT2D eigenvalue weighted by Crippen LogP contribution is -2.33. The third kappa shape index (κ3) is 4.64. The molecular weight excluding hydrogens is 230 g/mol. The highest BCUT2D eigenvalue weighted by Crippen LogP contribution is 2.20. The number of methoxy groups -OCH3 is 2. The summed E-state index contributed by atoms with van der Waals surface area (Å²) in [4.78, 5) is 0. The van der Waals surface area contributed by atoms with Gasteiger partial charge >= 0.3 is 0 Å². The summed E-state index contributed by atoms with van der Waals surface area (Å²) in [6.45, 7) is 3.54. The SMILES string of the molecule is COCCCNC(C)C(O)c1ccc(OC)cc1. The second-order valence-corrected chi connectivity index (χ2v) is 4.31. The molecule has 0 bridgehead atoms. The molecule has 0 fully saturated rings. The van der Waals surface area contributed by atoms with Crippen molar-refractivity contribution in [3.8, 4) is 5.75 Å². The van der Waals surface area contributed by atoms with Gasteiger partial charge < -0.3 is 19.9 Å². The zero-order chi connectivity index (χ0) is 13.4. The van der Waals surface area contributed by atoms with Crippen LogP contribution >= 0.6 is 0 Å². The fourth-order valence-corrected chi connectivity index (χ4v) is 1.75. The maximum absolute atomic E-state index is 10.2. The molecule has 0 spiro atoms. The van der Waals surface area contributed by atoms with Gasteiger partial charge in [-0.25, -0.2) is 0 Å². The van der Waals surface area contributed by atoms with E-state index in [1.54, 1.807) is 14.2 Å². The quantitative estimate of drug-likeness (QED) is 0.693. The van der Waals surface area contributed by atoms with Crippen LogP contribution in [0.4, 0.5) is 0 Å². The number of aliphatic hydroxyl groups excluding tert-OH is 1. The minimum absolute atomic E-state index is 0.00949. The van der Waals surface area contributed by atoms with Crippen molar-refractivity contribution >= 4 is 0 Å². The maximum atomic E-state index is 10.2. The van der Waals surface area contributed by atoms with Gasteiger partial charge in [-0.1, -0.05) is 12.1 Å². The molecule has 0 saturated carbocycles. The molecule has 0 aliphatic heterocycles. The molecule has 0 heterocycles. The topological polar surface area (TPSA) is 50.7 Å². The normalized spacial score (nSPS) is 14.2. The summed E-state index contributed by atoms with van der Waals surface area (Å²) in [5.74, 6) is 0.798. The summed E-state index contributed by atoms with van der Waals surface area (Å²) in [5, 5.41) is 13.5. The van der Waals surface area contributed by atoms with Crippen molar-refractivity contribution in [2.45, 2.75) is 25.5 Å². The molecule has 0 radical (unpaired) electrons. The van der Waals surface area contributed by atoms with Gasteiger partial charge in [-0.15, -0.1) is 0 Å². The van der Waals surface area contributed by atoms with Gasteiger partial charge in [0, 0.05) is 19.8 Å². The van der Waals surface area contributed by atoms with Gasteiger partial charge in [0.1, 0.15) is 5.75 Å². The fourth-order valence-electron chi connectivity index (χ4n) is 1.75. The average Bonchev–Trinajstić information content (AvgIpc) is 2.42. The Morgan fingerprint density at radius 3 is 2.44 bits per heavy atom. The second-order valence-electron chi connectivity index (χ2n) is 4.31. The lowest BCUT2D eigenvalue weighted by atomic mass is 10.0. The van der Waals surface area contributed by atoms with Crippen LogP contribution in [-0.2, 0) is 4.74 Å². The number of rotatable bonds is 8. The van der Waals surface area contributed by atoms with E-state index < -0.39 is 6.10 Å². The van der Waals surface area contributed by atoms with Gasteiger partial charge in [0.2, 0.25) is 0 Å². The number of benzene rings is 1. The van der Waals surface area contributed by atoms with E-state index in [4.69, 9.17) is 9.47 Å². The van der Waals surface area contributed by atoms with E-state index >= 15 is 0 Å². The van der Waals surface area contributed by atoms with Crippen LogP contribution in [-0.4, -0.2) is 38.5 Å². The first-order chi connectivity index (χ1) is 8.69. The highest BCUT2D eigenvalue weighted by molar-refractivity contribution is 5.28. The molecule has 1 rings (SSSR count). The molecule has 18 heavy (non-hydrogen) atoms. The van der Waals surface area contributed by atoms with E-state index in [1.165, 1.54) is 0 Å². The Morgan fingerprint density at radius 1 is 1.22 bits per heavy atom. The Bertz CT molecular complexity index is 326. The van der Waals surface area contributed by atoms with Gasteiger partial charge in [0.15, 0.2) is 0 Å². The standard InChI is InChI=1S/C14H23NO3/c1-11(15-9-4-10-17-2)14(16)12-5-7-13(18-3)8-6-12/h5-8,11,14-16H,4,9-10H2,1-3H3. The lowest BCUT2D eigenvalue weighted by Gasteiger charge is -2.20. The van der Waals surface area contributed by atoms with Crippen LogP contribution in [0, 0.1) is 0 Å². The minimum atomic E-state index is -0.515. The molecule has 0 aliphatic carbocycles. The van der Waals surface area contributed by atoms with Crippen molar-refractivity contribution in [3.63, 3.8) is 0 Å². The molecule has 4 heteroatoms. The van der Waals surface area contributed by atoms with Crippen molar-refractivity contribution < 1.29 is 14.6 Å². The molecule has 0 amide bonds. The van der Waals surface area contributed by atoms with Crippen molar-refractivity contribution in [2.24, 2.45) is 0 Å². The number of ether oxygens (including phenoxy) is 2. The number of aliphatic hydroxyl groups is 1. The minimum Gasteiger partial charge on any atom is -0.497 e. The Balaban J connectivity index is 2.43. The monoisotopic (exact) mass is 253 g/mol. The summed E-state index contributed by atoms with van der Waals surface area (Å²) in [6.07, 6.45) is 0.425. The van der Waals surface area contributed by atoms with E-state index in [-0.39, 0.29) is 6.04 Å². The summed E-state index contributed by atoms with van der Waals surface area (Å²) >= 11 is 0. The summed E-state index contributed by atoms with van der Waals surface area (Å²) in [6, 6.07) is 7.50. The Hall–Kier alpha value is -1.10. The molecule has 102 valence electrons. The van der Waals surface area contributed by atoms with E-state index in [9.17, 15) is 5.11 Å². The number of nitrogens with one attached hydrogen (secondary N) is 1. The molecule has 2 unspecified atom stereocenters. The van der Waals surface area contributed by atoms with Gasteiger partial charge in [0.05, 0.1) is 13.2 Å².